The van der Waals surface area contributed by atoms with Crippen molar-refractivity contribution in [2.75, 3.05) is 32.1 Å². The normalized spacial score (nSPS) is 16.4. The Labute approximate surface area is 183 Å². The average Bonchev–Trinajstić information content (AvgIpc) is 3.22. The van der Waals surface area contributed by atoms with Crippen molar-refractivity contribution in [3.63, 3.8) is 0 Å². The van der Waals surface area contributed by atoms with Gasteiger partial charge >= 0.3 is 0 Å². The number of carbonyl (C=O) groups is 1. The maximum atomic E-state index is 13.0. The van der Waals surface area contributed by atoms with Crippen molar-refractivity contribution in [1.29, 1.82) is 0 Å². The summed E-state index contributed by atoms with van der Waals surface area (Å²) in [6.07, 6.45) is 6.17. The van der Waals surface area contributed by atoms with Gasteiger partial charge in [-0.1, -0.05) is 30.3 Å². The van der Waals surface area contributed by atoms with Crippen LogP contribution in [-0.4, -0.2) is 57.7 Å². The zero-order chi connectivity index (χ0) is 21.8. The third kappa shape index (κ3) is 4.76. The molecule has 1 atom stereocenters. The summed E-state index contributed by atoms with van der Waals surface area (Å²) >= 11 is 0. The molecule has 1 fully saturated rings. The van der Waals surface area contributed by atoms with Crippen molar-refractivity contribution < 1.29 is 4.79 Å². The molecule has 1 unspecified atom stereocenters. The molecular weight excluding hydrogens is 388 g/mol. The van der Waals surface area contributed by atoms with Crippen molar-refractivity contribution in [3.05, 3.63) is 60.2 Å². The molecule has 0 aliphatic carbocycles. The van der Waals surface area contributed by atoms with Crippen LogP contribution in [-0.2, 0) is 11.3 Å². The predicted octanol–water partition coefficient (Wildman–Crippen LogP) is 3.51. The molecule has 4 rings (SSSR count). The van der Waals surface area contributed by atoms with E-state index in [2.05, 4.69) is 22.2 Å². The van der Waals surface area contributed by atoms with Gasteiger partial charge in [-0.15, -0.1) is 0 Å². The van der Waals surface area contributed by atoms with Gasteiger partial charge in [-0.05, 0) is 31.4 Å². The molecule has 7 heteroatoms. The molecule has 3 aromatic rings. The molecule has 3 heterocycles. The van der Waals surface area contributed by atoms with E-state index in [1.807, 2.05) is 66.0 Å². The lowest BCUT2D eigenvalue weighted by molar-refractivity contribution is -0.132. The lowest BCUT2D eigenvalue weighted by atomic mass is 9.90. The van der Waals surface area contributed by atoms with E-state index in [9.17, 15) is 4.79 Å². The number of rotatable bonds is 6. The molecule has 0 bridgehead atoms. The summed E-state index contributed by atoms with van der Waals surface area (Å²) in [6.45, 7) is 4.13. The second-order valence-corrected chi connectivity index (χ2v) is 8.35. The third-order valence-corrected chi connectivity index (χ3v) is 5.92. The van der Waals surface area contributed by atoms with Crippen molar-refractivity contribution in [3.8, 4) is 11.1 Å². The Bertz CT molecular complexity index is 1030. The van der Waals surface area contributed by atoms with Gasteiger partial charge in [-0.3, -0.25) is 9.48 Å². The number of benzene rings is 1. The minimum atomic E-state index is 0.183. The Kier molecular flexibility index (Phi) is 6.30. The lowest BCUT2D eigenvalue weighted by Gasteiger charge is -2.33. The summed E-state index contributed by atoms with van der Waals surface area (Å²) < 4.78 is 1.89. The number of nitrogens with zero attached hydrogens (tertiary/aromatic N) is 6. The van der Waals surface area contributed by atoms with Gasteiger partial charge in [0.05, 0.1) is 5.69 Å². The number of amides is 1. The number of aromatic nitrogens is 4. The molecule has 1 aliphatic rings. The molecule has 0 saturated carbocycles. The van der Waals surface area contributed by atoms with E-state index in [0.717, 1.165) is 41.9 Å². The largest absolute Gasteiger partial charge is 0.347 e. The smallest absolute Gasteiger partial charge is 0.225 e. The molecule has 0 N–H and O–H groups in total. The number of likely N-dealkylation sites (tertiary alicyclic amines) is 1. The van der Waals surface area contributed by atoms with Crippen molar-refractivity contribution in [2.45, 2.75) is 38.6 Å². The van der Waals surface area contributed by atoms with Gasteiger partial charge in [0.25, 0.3) is 0 Å². The number of anilines is 1. The minimum Gasteiger partial charge on any atom is -0.347 e. The first-order chi connectivity index (χ1) is 15.0. The van der Waals surface area contributed by atoms with Crippen LogP contribution in [0.1, 0.15) is 36.6 Å². The number of aryl methyl sites for hydroxylation is 2. The molecule has 1 aromatic carbocycles. The van der Waals surface area contributed by atoms with Gasteiger partial charge in [-0.25, -0.2) is 9.97 Å². The summed E-state index contributed by atoms with van der Waals surface area (Å²) in [5, 5.41) is 4.29. The summed E-state index contributed by atoms with van der Waals surface area (Å²) in [5.74, 6) is 1.08. The molecule has 1 aliphatic heterocycles. The van der Waals surface area contributed by atoms with Crippen molar-refractivity contribution in [2.24, 2.45) is 0 Å². The third-order valence-electron chi connectivity index (χ3n) is 5.92. The Morgan fingerprint density at radius 3 is 2.71 bits per heavy atom. The van der Waals surface area contributed by atoms with E-state index in [0.29, 0.717) is 25.5 Å². The van der Waals surface area contributed by atoms with Crippen LogP contribution in [0, 0.1) is 6.92 Å². The molecule has 162 valence electrons. The first-order valence-electron chi connectivity index (χ1n) is 10.9. The molecule has 0 spiro atoms. The van der Waals surface area contributed by atoms with Crippen LogP contribution >= 0.6 is 0 Å². The minimum absolute atomic E-state index is 0.183. The topological polar surface area (TPSA) is 67.2 Å². The van der Waals surface area contributed by atoms with E-state index in [4.69, 9.17) is 4.98 Å². The van der Waals surface area contributed by atoms with Crippen LogP contribution in [0.5, 0.6) is 0 Å². The summed E-state index contributed by atoms with van der Waals surface area (Å²) in [4.78, 5) is 26.4. The zero-order valence-electron chi connectivity index (χ0n) is 18.5. The van der Waals surface area contributed by atoms with Gasteiger partial charge in [0.15, 0.2) is 0 Å². The molecule has 1 amide bonds. The molecule has 2 aromatic heterocycles. The monoisotopic (exact) mass is 418 g/mol. The highest BCUT2D eigenvalue weighted by Crippen LogP contribution is 2.34. The Hall–Kier alpha value is -3.22. The van der Waals surface area contributed by atoms with Crippen LogP contribution in [0.15, 0.2) is 48.8 Å². The highest BCUT2D eigenvalue weighted by Gasteiger charge is 2.28. The molecular formula is C24H30N6O. The van der Waals surface area contributed by atoms with Crippen LogP contribution in [0.25, 0.3) is 11.1 Å². The SMILES string of the molecule is Cc1ccnn1CCC(=O)N1CCCC(c2nc(N(C)C)ncc2-c2ccccc2)C1. The highest BCUT2D eigenvalue weighted by molar-refractivity contribution is 5.76. The fourth-order valence-corrected chi connectivity index (χ4v) is 4.17. The second-order valence-electron chi connectivity index (χ2n) is 8.35. The Balaban J connectivity index is 1.55. The average molecular weight is 419 g/mol. The first-order valence-corrected chi connectivity index (χ1v) is 10.9. The fraction of sp³-hybridized carbons (Fsp3) is 0.417. The number of hydrogen-bond acceptors (Lipinski definition) is 5. The van der Waals surface area contributed by atoms with E-state index < -0.39 is 0 Å². The van der Waals surface area contributed by atoms with Crippen LogP contribution in [0.4, 0.5) is 5.95 Å². The standard InChI is InChI=1S/C24H30N6O/c1-18-11-13-26-30(18)15-12-22(31)29-14-7-10-20(17-29)23-21(19-8-5-4-6-9-19)16-25-24(27-23)28(2)3/h4-6,8-9,11,13,16,20H,7,10,12,14-15,17H2,1-3H3. The molecule has 31 heavy (non-hydrogen) atoms. The molecule has 0 radical (unpaired) electrons. The maximum absolute atomic E-state index is 13.0. The van der Waals surface area contributed by atoms with E-state index in [1.54, 1.807) is 6.20 Å². The Morgan fingerprint density at radius 1 is 1.19 bits per heavy atom. The summed E-state index contributed by atoms with van der Waals surface area (Å²) in [5.41, 5.74) is 4.28. The van der Waals surface area contributed by atoms with Gasteiger partial charge in [0.2, 0.25) is 11.9 Å². The highest BCUT2D eigenvalue weighted by atomic mass is 16.2. The summed E-state index contributed by atoms with van der Waals surface area (Å²) in [6, 6.07) is 12.2. The van der Waals surface area contributed by atoms with Crippen LogP contribution < -0.4 is 4.90 Å². The van der Waals surface area contributed by atoms with Gasteiger partial charge in [0.1, 0.15) is 0 Å². The lowest BCUT2D eigenvalue weighted by Crippen LogP contribution is -2.40. The number of hydrogen-bond donors (Lipinski definition) is 0. The van der Waals surface area contributed by atoms with Gasteiger partial charge < -0.3 is 9.80 Å². The van der Waals surface area contributed by atoms with E-state index >= 15 is 0 Å². The molecule has 1 saturated heterocycles. The van der Waals surface area contributed by atoms with Crippen molar-refractivity contribution >= 4 is 11.9 Å². The van der Waals surface area contributed by atoms with E-state index in [-0.39, 0.29) is 11.8 Å². The van der Waals surface area contributed by atoms with Gasteiger partial charge in [-0.2, -0.15) is 5.10 Å². The van der Waals surface area contributed by atoms with E-state index in [1.165, 1.54) is 0 Å². The second kappa shape index (κ2) is 9.29. The predicted molar refractivity (Wildman–Crippen MR) is 122 cm³/mol. The first kappa shape index (κ1) is 21.0. The van der Waals surface area contributed by atoms with Crippen LogP contribution in [0.2, 0.25) is 0 Å². The van der Waals surface area contributed by atoms with Gasteiger partial charge in [0, 0.05) is 69.7 Å². The molecule has 7 nitrogen and oxygen atoms in total. The summed E-state index contributed by atoms with van der Waals surface area (Å²) in [7, 11) is 3.91. The quantitative estimate of drug-likeness (QED) is 0.613. The number of carbonyl (C=O) groups excluding carboxylic acids is 1. The number of piperidine rings is 1. The Morgan fingerprint density at radius 2 is 2.00 bits per heavy atom. The zero-order valence-corrected chi connectivity index (χ0v) is 18.5. The fourth-order valence-electron chi connectivity index (χ4n) is 4.17. The maximum Gasteiger partial charge on any atom is 0.225 e. The van der Waals surface area contributed by atoms with Crippen LogP contribution in [0.3, 0.4) is 0 Å². The van der Waals surface area contributed by atoms with Crippen molar-refractivity contribution in [1.82, 2.24) is 24.6 Å².